The van der Waals surface area contributed by atoms with E-state index in [0.717, 1.165) is 44.6 Å². The third kappa shape index (κ3) is 6.03. The molecule has 1 aromatic carbocycles. The highest BCUT2D eigenvalue weighted by atomic mass is 15.2. The number of nitrogens with one attached hydrogen (secondary N) is 2. The fraction of sp³-hybridized carbons (Fsp3) is 0.667. The second-order valence-electron chi connectivity index (χ2n) is 7.61. The summed E-state index contributed by atoms with van der Waals surface area (Å²) in [5.74, 6) is 1.97. The van der Waals surface area contributed by atoms with Gasteiger partial charge in [-0.15, -0.1) is 0 Å². The van der Waals surface area contributed by atoms with Crippen LogP contribution in [0.5, 0.6) is 0 Å². The molecule has 0 spiro atoms. The van der Waals surface area contributed by atoms with Gasteiger partial charge in [0.25, 0.3) is 0 Å². The van der Waals surface area contributed by atoms with E-state index in [1.807, 2.05) is 0 Å². The van der Waals surface area contributed by atoms with E-state index in [0.29, 0.717) is 6.04 Å². The van der Waals surface area contributed by atoms with E-state index in [1.54, 1.807) is 0 Å². The van der Waals surface area contributed by atoms with Crippen molar-refractivity contribution in [1.82, 2.24) is 15.5 Å². The zero-order valence-corrected chi connectivity index (χ0v) is 15.9. The van der Waals surface area contributed by atoms with Crippen molar-refractivity contribution in [2.24, 2.45) is 10.9 Å². The molecule has 4 nitrogen and oxygen atoms in total. The lowest BCUT2D eigenvalue weighted by atomic mass is 10.0. The predicted octanol–water partition coefficient (Wildman–Crippen LogP) is 3.31. The Morgan fingerprint density at radius 3 is 2.60 bits per heavy atom. The minimum atomic E-state index is 0.548. The van der Waals surface area contributed by atoms with Crippen LogP contribution in [0.15, 0.2) is 29.3 Å². The Hall–Kier alpha value is -1.55. The summed E-state index contributed by atoms with van der Waals surface area (Å²) in [6, 6.07) is 9.30. The lowest BCUT2D eigenvalue weighted by Crippen LogP contribution is -2.48. The Balaban J connectivity index is 1.43. The van der Waals surface area contributed by atoms with Crippen LogP contribution in [0.2, 0.25) is 0 Å². The Labute approximate surface area is 153 Å². The maximum absolute atomic E-state index is 4.77. The lowest BCUT2D eigenvalue weighted by Gasteiger charge is -2.33. The van der Waals surface area contributed by atoms with Gasteiger partial charge in [-0.05, 0) is 50.2 Å². The van der Waals surface area contributed by atoms with Crippen LogP contribution in [0.25, 0.3) is 0 Å². The molecule has 0 unspecified atom stereocenters. The Morgan fingerprint density at radius 2 is 1.92 bits per heavy atom. The minimum Gasteiger partial charge on any atom is -0.357 e. The third-order valence-corrected chi connectivity index (χ3v) is 5.43. The number of nitrogens with zero attached hydrogens (tertiary/aromatic N) is 2. The van der Waals surface area contributed by atoms with Gasteiger partial charge in [-0.25, -0.2) is 0 Å². The molecule has 2 N–H and O–H groups in total. The smallest absolute Gasteiger partial charge is 0.191 e. The molecule has 3 rings (SSSR count). The van der Waals surface area contributed by atoms with Crippen LogP contribution in [-0.2, 0) is 6.54 Å². The van der Waals surface area contributed by atoms with Gasteiger partial charge in [0.2, 0.25) is 0 Å². The average Bonchev–Trinajstić information content (AvgIpc) is 3.43. The van der Waals surface area contributed by atoms with Crippen LogP contribution in [0.3, 0.4) is 0 Å². The van der Waals surface area contributed by atoms with Gasteiger partial charge in [0.05, 0.1) is 0 Å². The van der Waals surface area contributed by atoms with Gasteiger partial charge < -0.3 is 10.6 Å². The van der Waals surface area contributed by atoms with Crippen LogP contribution in [-0.4, -0.2) is 43.1 Å². The number of guanidine groups is 1. The van der Waals surface area contributed by atoms with Gasteiger partial charge in [-0.3, -0.25) is 9.89 Å². The molecule has 138 valence electrons. The standard InChI is InChI=1S/C21H34N4/c1-3-22-21(23-13-10-18-8-9-18)24-20-11-14-25(15-12-20)16-19-7-5-4-6-17(19)2/h4-7,18,20H,3,8-16H2,1-2H3,(H2,22,23,24). The molecule has 1 saturated carbocycles. The van der Waals surface area contributed by atoms with Crippen LogP contribution < -0.4 is 10.6 Å². The summed E-state index contributed by atoms with van der Waals surface area (Å²) in [6.45, 7) is 9.65. The van der Waals surface area contributed by atoms with Crippen molar-refractivity contribution >= 4 is 5.96 Å². The van der Waals surface area contributed by atoms with Crippen molar-refractivity contribution in [1.29, 1.82) is 0 Å². The molecule has 0 atom stereocenters. The predicted molar refractivity (Wildman–Crippen MR) is 106 cm³/mol. The van der Waals surface area contributed by atoms with E-state index < -0.39 is 0 Å². The van der Waals surface area contributed by atoms with Gasteiger partial charge in [0.15, 0.2) is 5.96 Å². The first-order chi connectivity index (χ1) is 12.2. The molecule has 25 heavy (non-hydrogen) atoms. The summed E-state index contributed by atoms with van der Waals surface area (Å²) in [5, 5.41) is 7.07. The summed E-state index contributed by atoms with van der Waals surface area (Å²) < 4.78 is 0. The molecular formula is C21H34N4. The number of aliphatic imine (C=N–C) groups is 1. The zero-order chi connectivity index (χ0) is 17.5. The number of hydrogen-bond donors (Lipinski definition) is 2. The number of likely N-dealkylation sites (tertiary alicyclic amines) is 1. The van der Waals surface area contributed by atoms with Crippen LogP contribution in [0, 0.1) is 12.8 Å². The molecule has 1 aliphatic carbocycles. The maximum atomic E-state index is 4.77. The summed E-state index contributed by atoms with van der Waals surface area (Å²) >= 11 is 0. The third-order valence-electron chi connectivity index (χ3n) is 5.43. The van der Waals surface area contributed by atoms with E-state index in [2.05, 4.69) is 53.6 Å². The average molecular weight is 343 g/mol. The molecule has 1 heterocycles. The van der Waals surface area contributed by atoms with Crippen molar-refractivity contribution in [2.45, 2.75) is 58.5 Å². The first-order valence-electron chi connectivity index (χ1n) is 10.1. The van der Waals surface area contributed by atoms with Crippen molar-refractivity contribution in [2.75, 3.05) is 26.2 Å². The highest BCUT2D eigenvalue weighted by Gasteiger charge is 2.22. The summed E-state index contributed by atoms with van der Waals surface area (Å²) in [7, 11) is 0. The van der Waals surface area contributed by atoms with Gasteiger partial charge in [-0.2, -0.15) is 0 Å². The van der Waals surface area contributed by atoms with E-state index in [9.17, 15) is 0 Å². The number of piperidine rings is 1. The van der Waals surface area contributed by atoms with Crippen molar-refractivity contribution in [3.05, 3.63) is 35.4 Å². The number of rotatable bonds is 7. The van der Waals surface area contributed by atoms with E-state index in [1.165, 1.54) is 43.2 Å². The molecule has 0 amide bonds. The quantitative estimate of drug-likeness (QED) is 0.590. The summed E-state index contributed by atoms with van der Waals surface area (Å²) in [5.41, 5.74) is 2.86. The van der Waals surface area contributed by atoms with Crippen molar-refractivity contribution in [3.8, 4) is 0 Å². The summed E-state index contributed by atoms with van der Waals surface area (Å²) in [6.07, 6.45) is 6.47. The lowest BCUT2D eigenvalue weighted by molar-refractivity contribution is 0.198. The second-order valence-corrected chi connectivity index (χ2v) is 7.61. The van der Waals surface area contributed by atoms with E-state index >= 15 is 0 Å². The van der Waals surface area contributed by atoms with Crippen LogP contribution in [0.4, 0.5) is 0 Å². The van der Waals surface area contributed by atoms with Gasteiger partial charge in [-0.1, -0.05) is 37.1 Å². The fourth-order valence-corrected chi connectivity index (χ4v) is 3.54. The Bertz CT molecular complexity index is 557. The first kappa shape index (κ1) is 18.2. The topological polar surface area (TPSA) is 39.7 Å². The largest absolute Gasteiger partial charge is 0.357 e. The number of hydrogen-bond acceptors (Lipinski definition) is 2. The Kier molecular flexibility index (Phi) is 6.74. The first-order valence-corrected chi connectivity index (χ1v) is 10.1. The zero-order valence-electron chi connectivity index (χ0n) is 15.9. The van der Waals surface area contributed by atoms with E-state index in [-0.39, 0.29) is 0 Å². The molecular weight excluding hydrogens is 308 g/mol. The van der Waals surface area contributed by atoms with E-state index in [4.69, 9.17) is 4.99 Å². The molecule has 0 aromatic heterocycles. The number of benzene rings is 1. The number of aryl methyl sites for hydroxylation is 1. The molecule has 0 bridgehead atoms. The molecule has 1 aliphatic heterocycles. The van der Waals surface area contributed by atoms with Crippen LogP contribution in [0.1, 0.15) is 50.2 Å². The minimum absolute atomic E-state index is 0.548. The second kappa shape index (κ2) is 9.23. The van der Waals surface area contributed by atoms with Crippen LogP contribution >= 0.6 is 0 Å². The maximum Gasteiger partial charge on any atom is 0.191 e. The Morgan fingerprint density at radius 1 is 1.16 bits per heavy atom. The molecule has 1 aromatic rings. The highest BCUT2D eigenvalue weighted by Crippen LogP contribution is 2.32. The van der Waals surface area contributed by atoms with Crippen molar-refractivity contribution in [3.63, 3.8) is 0 Å². The summed E-state index contributed by atoms with van der Waals surface area (Å²) in [4.78, 5) is 7.35. The van der Waals surface area contributed by atoms with Gasteiger partial charge in [0.1, 0.15) is 0 Å². The van der Waals surface area contributed by atoms with Gasteiger partial charge >= 0.3 is 0 Å². The normalized spacial score (nSPS) is 19.8. The van der Waals surface area contributed by atoms with Gasteiger partial charge in [0, 0.05) is 38.8 Å². The molecule has 1 saturated heterocycles. The molecule has 4 heteroatoms. The highest BCUT2D eigenvalue weighted by molar-refractivity contribution is 5.80. The monoisotopic (exact) mass is 342 g/mol. The molecule has 2 fully saturated rings. The molecule has 2 aliphatic rings. The van der Waals surface area contributed by atoms with Crippen molar-refractivity contribution < 1.29 is 0 Å². The SMILES string of the molecule is CCNC(=NCCC1CC1)NC1CCN(Cc2ccccc2C)CC1. The fourth-order valence-electron chi connectivity index (χ4n) is 3.54. The molecule has 0 radical (unpaired) electrons.